The Kier molecular flexibility index (Phi) is 6.59. The van der Waals surface area contributed by atoms with Gasteiger partial charge in [0.25, 0.3) is 5.56 Å². The number of fused-ring (bicyclic) bond motifs is 1. The van der Waals surface area contributed by atoms with Crippen molar-refractivity contribution in [3.63, 3.8) is 0 Å². The van der Waals surface area contributed by atoms with Crippen molar-refractivity contribution in [1.29, 1.82) is 0 Å². The van der Waals surface area contributed by atoms with Gasteiger partial charge < -0.3 is 5.32 Å². The first-order chi connectivity index (χ1) is 12.6. The van der Waals surface area contributed by atoms with Gasteiger partial charge in [-0.2, -0.15) is 0 Å². The quantitative estimate of drug-likeness (QED) is 0.595. The van der Waals surface area contributed by atoms with Crippen molar-refractivity contribution >= 4 is 40.2 Å². The lowest BCUT2D eigenvalue weighted by Gasteiger charge is -2.22. The van der Waals surface area contributed by atoms with Crippen LogP contribution in [0.3, 0.4) is 0 Å². The van der Waals surface area contributed by atoms with E-state index in [-0.39, 0.29) is 23.3 Å². The van der Waals surface area contributed by atoms with Gasteiger partial charge in [0, 0.05) is 17.6 Å². The Morgan fingerprint density at radius 1 is 1.35 bits per heavy atom. The molecule has 1 amide bonds. The Labute approximate surface area is 162 Å². The highest BCUT2D eigenvalue weighted by Gasteiger charge is 2.17. The van der Waals surface area contributed by atoms with E-state index in [1.165, 1.54) is 31.0 Å². The highest BCUT2D eigenvalue weighted by atomic mass is 35.5. The lowest BCUT2D eigenvalue weighted by molar-refractivity contribution is -0.119. The molecule has 1 fully saturated rings. The Balaban J connectivity index is 1.78. The molecule has 0 spiro atoms. The summed E-state index contributed by atoms with van der Waals surface area (Å²) < 4.78 is 1.66. The van der Waals surface area contributed by atoms with Crippen LogP contribution in [0.1, 0.15) is 45.4 Å². The maximum Gasteiger partial charge on any atom is 0.262 e. The van der Waals surface area contributed by atoms with Crippen LogP contribution < -0.4 is 10.9 Å². The molecule has 7 heteroatoms. The highest BCUT2D eigenvalue weighted by molar-refractivity contribution is 7.99. The van der Waals surface area contributed by atoms with Crippen molar-refractivity contribution in [2.75, 3.05) is 5.75 Å². The molecule has 1 aromatic heterocycles. The van der Waals surface area contributed by atoms with Crippen LogP contribution in [0.5, 0.6) is 0 Å². The molecule has 1 saturated carbocycles. The monoisotopic (exact) mass is 393 g/mol. The molecule has 0 saturated heterocycles. The van der Waals surface area contributed by atoms with Crippen molar-refractivity contribution in [3.8, 4) is 0 Å². The molecule has 0 bridgehead atoms. The number of nitrogens with one attached hydrogen (secondary N) is 1. The van der Waals surface area contributed by atoms with E-state index in [2.05, 4.69) is 10.3 Å². The topological polar surface area (TPSA) is 64.0 Å². The molecule has 1 heterocycles. The van der Waals surface area contributed by atoms with Gasteiger partial charge >= 0.3 is 0 Å². The van der Waals surface area contributed by atoms with Crippen LogP contribution in [0, 0.1) is 0 Å². The molecule has 5 nitrogen and oxygen atoms in total. The maximum atomic E-state index is 12.8. The highest BCUT2D eigenvalue weighted by Crippen LogP contribution is 2.21. The van der Waals surface area contributed by atoms with Gasteiger partial charge in [0.2, 0.25) is 5.91 Å². The van der Waals surface area contributed by atoms with E-state index in [4.69, 9.17) is 11.6 Å². The Hall–Kier alpha value is -1.53. The number of amides is 1. The zero-order valence-corrected chi connectivity index (χ0v) is 16.5. The van der Waals surface area contributed by atoms with E-state index in [9.17, 15) is 9.59 Å². The predicted octanol–water partition coefficient (Wildman–Crippen LogP) is 4.00. The van der Waals surface area contributed by atoms with Crippen molar-refractivity contribution in [2.24, 2.45) is 0 Å². The van der Waals surface area contributed by atoms with Crippen molar-refractivity contribution in [3.05, 3.63) is 33.6 Å². The zero-order valence-electron chi connectivity index (χ0n) is 15.0. The van der Waals surface area contributed by atoms with Crippen LogP contribution in [-0.4, -0.2) is 27.3 Å². The normalized spacial score (nSPS) is 15.3. The predicted molar refractivity (Wildman–Crippen MR) is 107 cm³/mol. The summed E-state index contributed by atoms with van der Waals surface area (Å²) in [6.07, 6.45) is 6.56. The fourth-order valence-corrected chi connectivity index (χ4v) is 4.35. The minimum Gasteiger partial charge on any atom is -0.353 e. The summed E-state index contributed by atoms with van der Waals surface area (Å²) in [4.78, 5) is 29.7. The second-order valence-corrected chi connectivity index (χ2v) is 8.08. The summed E-state index contributed by atoms with van der Waals surface area (Å²) in [5.74, 6) is 0.268. The molecular formula is C19H24ClN3O2S. The summed E-state index contributed by atoms with van der Waals surface area (Å²) in [7, 11) is 0. The molecule has 0 unspecified atom stereocenters. The van der Waals surface area contributed by atoms with Gasteiger partial charge in [-0.15, -0.1) is 0 Å². The number of aromatic nitrogens is 2. The molecule has 3 rings (SSSR count). The van der Waals surface area contributed by atoms with Gasteiger partial charge in [0.15, 0.2) is 5.16 Å². The summed E-state index contributed by atoms with van der Waals surface area (Å²) in [6, 6.07) is 5.40. The molecule has 1 aromatic carbocycles. The van der Waals surface area contributed by atoms with Gasteiger partial charge in [0.05, 0.1) is 16.7 Å². The van der Waals surface area contributed by atoms with Gasteiger partial charge in [-0.05, 0) is 37.5 Å². The van der Waals surface area contributed by atoms with Gasteiger partial charge in [0.1, 0.15) is 0 Å². The summed E-state index contributed by atoms with van der Waals surface area (Å²) in [6.45, 7) is 2.60. The molecule has 1 aliphatic carbocycles. The van der Waals surface area contributed by atoms with Crippen LogP contribution in [0.4, 0.5) is 0 Å². The first-order valence-corrected chi connectivity index (χ1v) is 10.6. The lowest BCUT2D eigenvalue weighted by atomic mass is 9.95. The number of thioether (sulfide) groups is 1. The number of carbonyl (C=O) groups excluding carboxylic acids is 1. The van der Waals surface area contributed by atoms with Crippen molar-refractivity contribution in [2.45, 2.75) is 63.2 Å². The third-order valence-electron chi connectivity index (χ3n) is 4.63. The lowest BCUT2D eigenvalue weighted by Crippen LogP contribution is -2.37. The molecule has 2 aromatic rings. The van der Waals surface area contributed by atoms with Gasteiger partial charge in [-0.1, -0.05) is 49.5 Å². The minimum atomic E-state index is -0.0799. The maximum absolute atomic E-state index is 12.8. The fourth-order valence-electron chi connectivity index (χ4n) is 3.35. The number of halogens is 1. The number of nitrogens with zero attached hydrogens (tertiary/aromatic N) is 2. The minimum absolute atomic E-state index is 0.00499. The van der Waals surface area contributed by atoms with Crippen molar-refractivity contribution in [1.82, 2.24) is 14.9 Å². The van der Waals surface area contributed by atoms with E-state index in [0.717, 1.165) is 19.3 Å². The number of hydrogen-bond donors (Lipinski definition) is 1. The van der Waals surface area contributed by atoms with Crippen LogP contribution >= 0.6 is 23.4 Å². The summed E-state index contributed by atoms with van der Waals surface area (Å²) in [5, 5.41) is 4.78. The first-order valence-electron chi connectivity index (χ1n) is 9.20. The standard InChI is InChI=1S/C19H24ClN3O2S/c1-2-10-23-18(25)15-9-8-13(20)11-16(15)22-19(23)26-12-17(24)21-14-6-4-3-5-7-14/h8-9,11,14H,2-7,10,12H2,1H3,(H,21,24). The van der Waals surface area contributed by atoms with Gasteiger partial charge in [-0.25, -0.2) is 4.98 Å². The Morgan fingerprint density at radius 2 is 2.12 bits per heavy atom. The molecule has 1 aliphatic rings. The number of benzene rings is 1. The van der Waals surface area contributed by atoms with Crippen LogP contribution in [-0.2, 0) is 11.3 Å². The van der Waals surface area contributed by atoms with E-state index in [0.29, 0.717) is 27.6 Å². The van der Waals surface area contributed by atoms with Crippen LogP contribution in [0.15, 0.2) is 28.2 Å². The molecule has 0 atom stereocenters. The third kappa shape index (κ3) is 4.60. The molecule has 0 radical (unpaired) electrons. The second kappa shape index (κ2) is 8.91. The molecule has 1 N–H and O–H groups in total. The van der Waals surface area contributed by atoms with Gasteiger partial charge in [-0.3, -0.25) is 14.2 Å². The zero-order chi connectivity index (χ0) is 18.5. The number of rotatable bonds is 6. The van der Waals surface area contributed by atoms with Crippen molar-refractivity contribution < 1.29 is 4.79 Å². The first kappa shape index (κ1) is 19.2. The average molecular weight is 394 g/mol. The largest absolute Gasteiger partial charge is 0.353 e. The smallest absolute Gasteiger partial charge is 0.262 e. The molecular weight excluding hydrogens is 370 g/mol. The Morgan fingerprint density at radius 3 is 2.85 bits per heavy atom. The van der Waals surface area contributed by atoms with E-state index in [1.807, 2.05) is 6.92 Å². The third-order valence-corrected chi connectivity index (χ3v) is 5.84. The molecule has 140 valence electrons. The Bertz CT molecular complexity index is 847. The number of hydrogen-bond acceptors (Lipinski definition) is 4. The van der Waals surface area contributed by atoms with E-state index >= 15 is 0 Å². The SMILES string of the molecule is CCCn1c(SCC(=O)NC2CCCCC2)nc2cc(Cl)ccc2c1=O. The number of carbonyl (C=O) groups is 1. The summed E-state index contributed by atoms with van der Waals surface area (Å²) in [5.41, 5.74) is 0.494. The fraction of sp³-hybridized carbons (Fsp3) is 0.526. The van der Waals surface area contributed by atoms with Crippen LogP contribution in [0.25, 0.3) is 10.9 Å². The van der Waals surface area contributed by atoms with E-state index < -0.39 is 0 Å². The summed E-state index contributed by atoms with van der Waals surface area (Å²) >= 11 is 7.36. The second-order valence-electron chi connectivity index (χ2n) is 6.70. The molecule has 0 aliphatic heterocycles. The average Bonchev–Trinajstić information content (AvgIpc) is 2.63. The molecule has 26 heavy (non-hydrogen) atoms. The van der Waals surface area contributed by atoms with E-state index in [1.54, 1.807) is 22.8 Å². The van der Waals surface area contributed by atoms with Crippen LogP contribution in [0.2, 0.25) is 5.02 Å².